The van der Waals surface area contributed by atoms with Crippen LogP contribution in [0.15, 0.2) is 54.1 Å². The molecule has 2 aromatic carbocycles. The van der Waals surface area contributed by atoms with Gasteiger partial charge in [-0.2, -0.15) is 0 Å². The lowest BCUT2D eigenvalue weighted by atomic mass is 9.84. The zero-order valence-electron chi connectivity index (χ0n) is 14.4. The van der Waals surface area contributed by atoms with Gasteiger partial charge in [0.05, 0.1) is 0 Å². The highest BCUT2D eigenvalue weighted by molar-refractivity contribution is 5.86. The van der Waals surface area contributed by atoms with Crippen LogP contribution in [0.4, 0.5) is 4.39 Å². The van der Waals surface area contributed by atoms with Crippen molar-refractivity contribution in [3.63, 3.8) is 0 Å². The zero-order valence-corrected chi connectivity index (χ0v) is 14.4. The van der Waals surface area contributed by atoms with Crippen LogP contribution in [0.25, 0.3) is 11.6 Å². The predicted molar refractivity (Wildman–Crippen MR) is 100 cm³/mol. The molecule has 0 heterocycles. The van der Waals surface area contributed by atoms with Crippen molar-refractivity contribution in [2.45, 2.75) is 32.1 Å². The van der Waals surface area contributed by atoms with Crippen molar-refractivity contribution in [2.75, 3.05) is 0 Å². The van der Waals surface area contributed by atoms with E-state index in [4.69, 9.17) is 5.11 Å². The summed E-state index contributed by atoms with van der Waals surface area (Å²) < 4.78 is 14.6. The minimum Gasteiger partial charge on any atom is -0.508 e. The Hall–Kier alpha value is -2.88. The number of halogens is 1. The van der Waals surface area contributed by atoms with Gasteiger partial charge in [0.25, 0.3) is 0 Å². The molecule has 3 rings (SSSR count). The predicted octanol–water partition coefficient (Wildman–Crippen LogP) is 5.40. The quantitative estimate of drug-likeness (QED) is 0.725. The molecule has 0 atom stereocenters. The molecule has 0 radical (unpaired) electrons. The van der Waals surface area contributed by atoms with Crippen molar-refractivity contribution in [2.24, 2.45) is 0 Å². The lowest BCUT2D eigenvalue weighted by molar-refractivity contribution is -0.131. The van der Waals surface area contributed by atoms with E-state index in [1.54, 1.807) is 6.07 Å². The molecule has 26 heavy (non-hydrogen) atoms. The zero-order chi connectivity index (χ0) is 18.5. The minimum atomic E-state index is -0.995. The third-order valence-corrected chi connectivity index (χ3v) is 4.65. The maximum Gasteiger partial charge on any atom is 0.328 e. The van der Waals surface area contributed by atoms with E-state index in [2.05, 4.69) is 0 Å². The van der Waals surface area contributed by atoms with Gasteiger partial charge in [0, 0.05) is 17.7 Å². The van der Waals surface area contributed by atoms with Crippen LogP contribution in [0.3, 0.4) is 0 Å². The van der Waals surface area contributed by atoms with Gasteiger partial charge in [-0.15, -0.1) is 0 Å². The van der Waals surface area contributed by atoms with Crippen molar-refractivity contribution in [3.8, 4) is 5.75 Å². The summed E-state index contributed by atoms with van der Waals surface area (Å²) in [5, 5.41) is 18.3. The Morgan fingerprint density at radius 1 is 1.00 bits per heavy atom. The second-order valence-corrected chi connectivity index (χ2v) is 6.50. The molecule has 0 bridgehead atoms. The Morgan fingerprint density at radius 2 is 1.69 bits per heavy atom. The molecule has 4 heteroatoms. The molecule has 134 valence electrons. The highest BCUT2D eigenvalue weighted by Crippen LogP contribution is 2.36. The topological polar surface area (TPSA) is 57.5 Å². The van der Waals surface area contributed by atoms with Gasteiger partial charge in [0.1, 0.15) is 11.6 Å². The fourth-order valence-corrected chi connectivity index (χ4v) is 3.41. The van der Waals surface area contributed by atoms with E-state index in [1.165, 1.54) is 24.1 Å². The summed E-state index contributed by atoms with van der Waals surface area (Å²) >= 11 is 0. The molecule has 2 aromatic rings. The minimum absolute atomic E-state index is 0.0894. The molecule has 0 unspecified atom stereocenters. The van der Waals surface area contributed by atoms with E-state index < -0.39 is 11.8 Å². The Balaban J connectivity index is 2.05. The summed E-state index contributed by atoms with van der Waals surface area (Å²) in [5.74, 6) is -1.52. The van der Waals surface area contributed by atoms with Crippen LogP contribution < -0.4 is 0 Å². The smallest absolute Gasteiger partial charge is 0.328 e. The first-order valence-electron chi connectivity index (χ1n) is 8.77. The van der Waals surface area contributed by atoms with Crippen LogP contribution in [0.2, 0.25) is 0 Å². The van der Waals surface area contributed by atoms with Crippen LogP contribution in [-0.2, 0) is 4.79 Å². The fraction of sp³-hybridized carbons (Fsp3) is 0.227. The molecule has 2 N–H and O–H groups in total. The second kappa shape index (κ2) is 8.00. The summed E-state index contributed by atoms with van der Waals surface area (Å²) in [6, 6.07) is 11.7. The van der Waals surface area contributed by atoms with Crippen molar-refractivity contribution in [1.29, 1.82) is 0 Å². The third kappa shape index (κ3) is 4.20. The molecule has 3 nitrogen and oxygen atoms in total. The highest BCUT2D eigenvalue weighted by Gasteiger charge is 2.18. The molecule has 0 aliphatic heterocycles. The summed E-state index contributed by atoms with van der Waals surface area (Å²) in [6.45, 7) is 0. The van der Waals surface area contributed by atoms with Gasteiger partial charge in [-0.1, -0.05) is 36.3 Å². The van der Waals surface area contributed by atoms with E-state index in [-0.39, 0.29) is 5.75 Å². The molecule has 0 aromatic heterocycles. The number of carboxylic acid groups (broad SMARTS) is 1. The van der Waals surface area contributed by atoms with Gasteiger partial charge in [0.15, 0.2) is 0 Å². The lowest BCUT2D eigenvalue weighted by Gasteiger charge is -2.21. The van der Waals surface area contributed by atoms with Crippen LogP contribution in [-0.4, -0.2) is 16.2 Å². The monoisotopic (exact) mass is 352 g/mol. The van der Waals surface area contributed by atoms with Gasteiger partial charge in [-0.3, -0.25) is 0 Å². The molecule has 0 saturated heterocycles. The molecular formula is C22H21FO3. The number of aromatic hydroxyl groups is 1. The van der Waals surface area contributed by atoms with Gasteiger partial charge in [-0.05, 0) is 60.6 Å². The number of carbonyl (C=O) groups is 1. The average Bonchev–Trinajstić information content (AvgIpc) is 2.64. The SMILES string of the molecule is O=C(O)/C=C/c1ccc(C(=C2CCCCC2)c2ccc(O)cc2F)cc1. The molecule has 0 amide bonds. The summed E-state index contributed by atoms with van der Waals surface area (Å²) in [5.41, 5.74) is 4.29. The van der Waals surface area contributed by atoms with E-state index in [9.17, 15) is 14.3 Å². The highest BCUT2D eigenvalue weighted by atomic mass is 19.1. The molecular weight excluding hydrogens is 331 g/mol. The van der Waals surface area contributed by atoms with Crippen molar-refractivity contribution < 1.29 is 19.4 Å². The molecule has 1 saturated carbocycles. The fourth-order valence-electron chi connectivity index (χ4n) is 3.41. The number of hydrogen-bond donors (Lipinski definition) is 2. The van der Waals surface area contributed by atoms with Crippen molar-refractivity contribution in [1.82, 2.24) is 0 Å². The first-order valence-corrected chi connectivity index (χ1v) is 8.77. The third-order valence-electron chi connectivity index (χ3n) is 4.65. The van der Waals surface area contributed by atoms with E-state index in [0.29, 0.717) is 5.56 Å². The van der Waals surface area contributed by atoms with Crippen molar-refractivity contribution in [3.05, 3.63) is 76.6 Å². The Morgan fingerprint density at radius 3 is 2.31 bits per heavy atom. The average molecular weight is 352 g/mol. The standard InChI is InChI=1S/C22H21FO3/c23-20-14-18(24)11-12-19(20)22(16-4-2-1-3-5-16)17-9-6-15(7-10-17)8-13-21(25)26/h6-14,24H,1-5H2,(H,25,26)/b13-8+. The number of benzene rings is 2. The maximum atomic E-state index is 14.6. The van der Waals surface area contributed by atoms with Crippen LogP contribution >= 0.6 is 0 Å². The van der Waals surface area contributed by atoms with Gasteiger partial charge >= 0.3 is 5.97 Å². The molecule has 0 spiro atoms. The second-order valence-electron chi connectivity index (χ2n) is 6.50. The number of aliphatic carboxylic acids is 1. The molecule has 1 aliphatic carbocycles. The number of carboxylic acids is 1. The number of hydrogen-bond acceptors (Lipinski definition) is 2. The summed E-state index contributed by atoms with van der Waals surface area (Å²) in [4.78, 5) is 10.6. The normalized spacial score (nSPS) is 14.6. The van der Waals surface area contributed by atoms with Crippen molar-refractivity contribution >= 4 is 17.6 Å². The Bertz CT molecular complexity index is 855. The maximum absolute atomic E-state index is 14.6. The van der Waals surface area contributed by atoms with Crippen LogP contribution in [0, 0.1) is 5.82 Å². The molecule has 1 aliphatic rings. The van der Waals surface area contributed by atoms with Crippen LogP contribution in [0.5, 0.6) is 5.75 Å². The van der Waals surface area contributed by atoms with Crippen LogP contribution in [0.1, 0.15) is 48.8 Å². The van der Waals surface area contributed by atoms with Gasteiger partial charge < -0.3 is 10.2 Å². The van der Waals surface area contributed by atoms with E-state index in [0.717, 1.165) is 54.5 Å². The molecule has 1 fully saturated rings. The van der Waals surface area contributed by atoms with Gasteiger partial charge in [0.2, 0.25) is 0 Å². The number of allylic oxidation sites excluding steroid dienone is 1. The Labute approximate surface area is 152 Å². The first kappa shape index (κ1) is 17.9. The van der Waals surface area contributed by atoms with E-state index >= 15 is 0 Å². The largest absolute Gasteiger partial charge is 0.508 e. The number of rotatable bonds is 4. The number of phenolic OH excluding ortho intramolecular Hbond substituents is 1. The number of phenols is 1. The summed E-state index contributed by atoms with van der Waals surface area (Å²) in [7, 11) is 0. The lowest BCUT2D eigenvalue weighted by Crippen LogP contribution is -2.02. The Kier molecular flexibility index (Phi) is 5.52. The van der Waals surface area contributed by atoms with Gasteiger partial charge in [-0.25, -0.2) is 9.18 Å². The summed E-state index contributed by atoms with van der Waals surface area (Å²) in [6.07, 6.45) is 7.88. The first-order chi connectivity index (χ1) is 12.5. The van der Waals surface area contributed by atoms with E-state index in [1.807, 2.05) is 24.3 Å².